The number of rotatable bonds is 0. The minimum atomic E-state index is 0.826. The van der Waals surface area contributed by atoms with Gasteiger partial charge in [0.1, 0.15) is 0 Å². The van der Waals surface area contributed by atoms with Crippen LogP contribution in [0.4, 0.5) is 0 Å². The summed E-state index contributed by atoms with van der Waals surface area (Å²) in [5, 5.41) is 15.0. The van der Waals surface area contributed by atoms with Gasteiger partial charge in [0.05, 0.1) is 5.71 Å². The second-order valence-corrected chi connectivity index (χ2v) is 4.21. The minimum Gasteiger partial charge on any atom is -0.411 e. The Morgan fingerprint density at radius 3 is 2.75 bits per heavy atom. The van der Waals surface area contributed by atoms with Crippen LogP contribution in [0.15, 0.2) is 41.6 Å². The zero-order valence-electron chi connectivity index (χ0n) is 8.98. The fraction of sp³-hybridized carbons (Fsp3) is 0.214. The smallest absolute Gasteiger partial charge is 0.0870 e. The first-order valence-electron chi connectivity index (χ1n) is 5.62. The lowest BCUT2D eigenvalue weighted by Crippen LogP contribution is -2.12. The number of hydrogen-bond acceptors (Lipinski definition) is 2. The Morgan fingerprint density at radius 2 is 1.88 bits per heavy atom. The SMILES string of the molecule is ON=C1CCCc2c1ccc1ccccc21. The van der Waals surface area contributed by atoms with E-state index in [9.17, 15) is 0 Å². The second-order valence-electron chi connectivity index (χ2n) is 4.21. The van der Waals surface area contributed by atoms with E-state index in [0.29, 0.717) is 0 Å². The van der Waals surface area contributed by atoms with Crippen molar-refractivity contribution < 1.29 is 5.21 Å². The van der Waals surface area contributed by atoms with Crippen molar-refractivity contribution in [1.29, 1.82) is 0 Å². The average Bonchev–Trinajstić information content (AvgIpc) is 2.37. The lowest BCUT2D eigenvalue weighted by molar-refractivity contribution is 0.317. The first-order valence-corrected chi connectivity index (χ1v) is 5.62. The molecule has 0 aromatic heterocycles. The molecular formula is C14H13NO. The molecule has 0 amide bonds. The summed E-state index contributed by atoms with van der Waals surface area (Å²) in [6, 6.07) is 12.6. The van der Waals surface area contributed by atoms with E-state index in [4.69, 9.17) is 5.21 Å². The predicted molar refractivity (Wildman–Crippen MR) is 65.2 cm³/mol. The summed E-state index contributed by atoms with van der Waals surface area (Å²) in [6.45, 7) is 0. The molecule has 1 N–H and O–H groups in total. The summed E-state index contributed by atoms with van der Waals surface area (Å²) in [4.78, 5) is 0. The van der Waals surface area contributed by atoms with Crippen LogP contribution in [0.1, 0.15) is 24.0 Å². The van der Waals surface area contributed by atoms with Crippen molar-refractivity contribution in [3.05, 3.63) is 47.5 Å². The summed E-state index contributed by atoms with van der Waals surface area (Å²) >= 11 is 0. The topological polar surface area (TPSA) is 32.6 Å². The van der Waals surface area contributed by atoms with Gasteiger partial charge in [-0.15, -0.1) is 0 Å². The predicted octanol–water partition coefficient (Wildman–Crippen LogP) is 3.35. The van der Waals surface area contributed by atoms with Gasteiger partial charge in [-0.25, -0.2) is 0 Å². The number of oxime groups is 1. The van der Waals surface area contributed by atoms with Crippen molar-refractivity contribution in [2.45, 2.75) is 19.3 Å². The molecular weight excluding hydrogens is 198 g/mol. The van der Waals surface area contributed by atoms with Gasteiger partial charge in [-0.2, -0.15) is 0 Å². The molecule has 2 aromatic carbocycles. The van der Waals surface area contributed by atoms with Crippen LogP contribution in [0.5, 0.6) is 0 Å². The van der Waals surface area contributed by atoms with Crippen molar-refractivity contribution in [1.82, 2.24) is 0 Å². The zero-order chi connectivity index (χ0) is 11.0. The molecule has 2 aromatic rings. The van der Waals surface area contributed by atoms with Gasteiger partial charge in [0.15, 0.2) is 0 Å². The third-order valence-corrected chi connectivity index (χ3v) is 3.31. The Bertz CT molecular complexity index is 572. The van der Waals surface area contributed by atoms with Crippen molar-refractivity contribution in [3.8, 4) is 0 Å². The van der Waals surface area contributed by atoms with Gasteiger partial charge >= 0.3 is 0 Å². The highest BCUT2D eigenvalue weighted by molar-refractivity contribution is 6.06. The number of aryl methyl sites for hydroxylation is 1. The molecule has 0 aliphatic heterocycles. The van der Waals surface area contributed by atoms with Crippen LogP contribution in [-0.2, 0) is 6.42 Å². The van der Waals surface area contributed by atoms with Crippen LogP contribution in [-0.4, -0.2) is 10.9 Å². The molecule has 0 radical (unpaired) electrons. The van der Waals surface area contributed by atoms with Crippen LogP contribution in [0.25, 0.3) is 10.8 Å². The van der Waals surface area contributed by atoms with Gasteiger partial charge in [-0.3, -0.25) is 0 Å². The molecule has 80 valence electrons. The van der Waals surface area contributed by atoms with E-state index in [-0.39, 0.29) is 0 Å². The van der Waals surface area contributed by atoms with Crippen LogP contribution in [0.3, 0.4) is 0 Å². The minimum absolute atomic E-state index is 0.826. The standard InChI is InChI=1S/C14H13NO/c16-15-14-7-3-6-12-11-5-2-1-4-10(11)8-9-13(12)14/h1-2,4-5,8-9,16H,3,6-7H2. The maximum atomic E-state index is 9.00. The fourth-order valence-electron chi connectivity index (χ4n) is 2.55. The van der Waals surface area contributed by atoms with Crippen molar-refractivity contribution >= 4 is 16.5 Å². The maximum Gasteiger partial charge on any atom is 0.0870 e. The van der Waals surface area contributed by atoms with Gasteiger partial charge in [0, 0.05) is 5.56 Å². The molecule has 0 unspecified atom stereocenters. The molecule has 0 bridgehead atoms. The molecule has 0 heterocycles. The highest BCUT2D eigenvalue weighted by atomic mass is 16.4. The van der Waals surface area contributed by atoms with Crippen LogP contribution in [0.2, 0.25) is 0 Å². The van der Waals surface area contributed by atoms with Gasteiger partial charge < -0.3 is 5.21 Å². The quantitative estimate of drug-likeness (QED) is 0.526. The summed E-state index contributed by atoms with van der Waals surface area (Å²) in [5.41, 5.74) is 3.27. The molecule has 2 nitrogen and oxygen atoms in total. The van der Waals surface area contributed by atoms with Gasteiger partial charge in [-0.05, 0) is 35.6 Å². The molecule has 3 rings (SSSR count). The van der Waals surface area contributed by atoms with E-state index >= 15 is 0 Å². The van der Waals surface area contributed by atoms with Crippen molar-refractivity contribution in [3.63, 3.8) is 0 Å². The summed E-state index contributed by atoms with van der Waals surface area (Å²) in [7, 11) is 0. The van der Waals surface area contributed by atoms with Gasteiger partial charge in [0.2, 0.25) is 0 Å². The molecule has 0 atom stereocenters. The average molecular weight is 211 g/mol. The molecule has 1 aliphatic rings. The molecule has 0 saturated carbocycles. The molecule has 0 fully saturated rings. The molecule has 0 saturated heterocycles. The summed E-state index contributed by atoms with van der Waals surface area (Å²) < 4.78 is 0. The van der Waals surface area contributed by atoms with E-state index in [1.165, 1.54) is 16.3 Å². The number of benzene rings is 2. The summed E-state index contributed by atoms with van der Waals surface area (Å²) in [5.74, 6) is 0. The maximum absolute atomic E-state index is 9.00. The Labute approximate surface area is 94.2 Å². The van der Waals surface area contributed by atoms with Crippen LogP contribution >= 0.6 is 0 Å². The Kier molecular flexibility index (Phi) is 2.13. The third kappa shape index (κ3) is 1.30. The monoisotopic (exact) mass is 211 g/mol. The first kappa shape index (κ1) is 9.40. The molecule has 2 heteroatoms. The molecule has 16 heavy (non-hydrogen) atoms. The Hall–Kier alpha value is -1.83. The number of hydrogen-bond donors (Lipinski definition) is 1. The second kappa shape index (κ2) is 3.63. The highest BCUT2D eigenvalue weighted by Crippen LogP contribution is 2.29. The lowest BCUT2D eigenvalue weighted by Gasteiger charge is -2.18. The van der Waals surface area contributed by atoms with E-state index in [1.807, 2.05) is 0 Å². The number of nitrogens with zero attached hydrogens (tertiary/aromatic N) is 1. The Morgan fingerprint density at radius 1 is 1.00 bits per heavy atom. The summed E-state index contributed by atoms with van der Waals surface area (Å²) in [6.07, 6.45) is 3.03. The fourth-order valence-corrected chi connectivity index (χ4v) is 2.55. The zero-order valence-corrected chi connectivity index (χ0v) is 8.98. The van der Waals surface area contributed by atoms with Crippen LogP contribution in [0, 0.1) is 0 Å². The molecule has 1 aliphatic carbocycles. The Balaban J connectivity index is 2.34. The van der Waals surface area contributed by atoms with Gasteiger partial charge in [0.25, 0.3) is 0 Å². The van der Waals surface area contributed by atoms with Gasteiger partial charge in [-0.1, -0.05) is 41.6 Å². The van der Waals surface area contributed by atoms with Crippen molar-refractivity contribution in [2.24, 2.45) is 5.16 Å². The highest BCUT2D eigenvalue weighted by Gasteiger charge is 2.17. The molecule has 0 spiro atoms. The van der Waals surface area contributed by atoms with E-state index in [0.717, 1.165) is 30.5 Å². The lowest BCUT2D eigenvalue weighted by atomic mass is 9.86. The van der Waals surface area contributed by atoms with Crippen LogP contribution < -0.4 is 0 Å². The van der Waals surface area contributed by atoms with E-state index in [2.05, 4.69) is 41.6 Å². The third-order valence-electron chi connectivity index (χ3n) is 3.31. The largest absolute Gasteiger partial charge is 0.411 e. The van der Waals surface area contributed by atoms with Crippen molar-refractivity contribution in [2.75, 3.05) is 0 Å². The van der Waals surface area contributed by atoms with E-state index < -0.39 is 0 Å². The number of fused-ring (bicyclic) bond motifs is 3. The first-order chi connectivity index (χ1) is 7.90. The normalized spacial score (nSPS) is 17.6. The van der Waals surface area contributed by atoms with E-state index in [1.54, 1.807) is 0 Å².